The number of halogens is 1. The Morgan fingerprint density at radius 3 is 2.29 bits per heavy atom. The fourth-order valence-electron chi connectivity index (χ4n) is 3.76. The minimum absolute atomic E-state index is 0.0814. The molecule has 148 valence electrons. The maximum Gasteiger partial charge on any atom is 0.255 e. The molecular weight excluding hydrogens is 374 g/mol. The lowest BCUT2D eigenvalue weighted by Gasteiger charge is -2.37. The van der Waals surface area contributed by atoms with Crippen molar-refractivity contribution >= 4 is 29.0 Å². The van der Waals surface area contributed by atoms with Gasteiger partial charge in [0, 0.05) is 69.3 Å². The zero-order chi connectivity index (χ0) is 19.5. The van der Waals surface area contributed by atoms with E-state index in [-0.39, 0.29) is 5.91 Å². The van der Waals surface area contributed by atoms with Gasteiger partial charge in [-0.2, -0.15) is 0 Å². The lowest BCUT2D eigenvalue weighted by atomic mass is 10.2. The molecule has 2 aromatic rings. The Labute approximate surface area is 171 Å². The van der Waals surface area contributed by atoms with E-state index in [1.807, 2.05) is 35.2 Å². The van der Waals surface area contributed by atoms with Crippen molar-refractivity contribution in [1.82, 2.24) is 14.8 Å². The molecule has 0 N–H and O–H groups in total. The number of hydrogen-bond acceptors (Lipinski definition) is 5. The molecule has 28 heavy (non-hydrogen) atoms. The Morgan fingerprint density at radius 2 is 1.64 bits per heavy atom. The highest BCUT2D eigenvalue weighted by molar-refractivity contribution is 6.30. The summed E-state index contributed by atoms with van der Waals surface area (Å²) in [7, 11) is 2.09. The van der Waals surface area contributed by atoms with E-state index in [9.17, 15) is 4.79 Å². The number of carbonyl (C=O) groups excluding carboxylic acids is 1. The highest BCUT2D eigenvalue weighted by Crippen LogP contribution is 2.22. The molecule has 0 unspecified atom stereocenters. The summed E-state index contributed by atoms with van der Waals surface area (Å²) in [4.78, 5) is 26.0. The van der Waals surface area contributed by atoms with Gasteiger partial charge in [0.25, 0.3) is 5.91 Å². The van der Waals surface area contributed by atoms with Crippen molar-refractivity contribution in [3.63, 3.8) is 0 Å². The van der Waals surface area contributed by atoms with Crippen LogP contribution in [0.1, 0.15) is 10.4 Å². The summed E-state index contributed by atoms with van der Waals surface area (Å²) >= 11 is 6.11. The molecule has 3 heterocycles. The van der Waals surface area contributed by atoms with Crippen LogP contribution in [0.4, 0.5) is 11.5 Å². The third-order valence-corrected chi connectivity index (χ3v) is 5.80. The molecule has 0 bridgehead atoms. The summed E-state index contributed by atoms with van der Waals surface area (Å²) in [5.74, 6) is 1.01. The molecule has 7 heteroatoms. The summed E-state index contributed by atoms with van der Waals surface area (Å²) in [5, 5.41) is 0.766. The summed E-state index contributed by atoms with van der Waals surface area (Å²) in [6.45, 7) is 7.04. The third-order valence-electron chi connectivity index (χ3n) is 5.56. The number of pyridine rings is 1. The van der Waals surface area contributed by atoms with Crippen molar-refractivity contribution < 1.29 is 4.79 Å². The molecule has 1 aromatic carbocycles. The Bertz CT molecular complexity index is 812. The number of piperazine rings is 2. The van der Waals surface area contributed by atoms with Crippen LogP contribution in [0, 0.1) is 0 Å². The molecule has 0 saturated carbocycles. The highest BCUT2D eigenvalue weighted by Gasteiger charge is 2.22. The number of hydrogen-bond donors (Lipinski definition) is 0. The standard InChI is InChI=1S/C21H26ClN5O/c1-24-7-9-27(10-8-24)21(28)17-5-6-20(23-16-17)26-13-11-25(12-14-26)19-4-2-3-18(22)15-19/h2-6,15-16H,7-14H2,1H3. The number of likely N-dealkylation sites (N-methyl/N-ethyl adjacent to an activating group) is 1. The molecule has 2 saturated heterocycles. The normalized spacial score (nSPS) is 18.4. The lowest BCUT2D eigenvalue weighted by Crippen LogP contribution is -2.47. The summed E-state index contributed by atoms with van der Waals surface area (Å²) < 4.78 is 0. The molecule has 4 rings (SSSR count). The van der Waals surface area contributed by atoms with E-state index in [2.05, 4.69) is 32.8 Å². The van der Waals surface area contributed by atoms with Gasteiger partial charge in [0.2, 0.25) is 0 Å². The zero-order valence-corrected chi connectivity index (χ0v) is 17.0. The predicted molar refractivity (Wildman–Crippen MR) is 114 cm³/mol. The van der Waals surface area contributed by atoms with Gasteiger partial charge >= 0.3 is 0 Å². The van der Waals surface area contributed by atoms with E-state index in [1.165, 1.54) is 0 Å². The van der Waals surface area contributed by atoms with Crippen LogP contribution in [-0.4, -0.2) is 80.1 Å². The Hall–Kier alpha value is -2.31. The Kier molecular flexibility index (Phi) is 5.69. The number of aromatic nitrogens is 1. The van der Waals surface area contributed by atoms with Gasteiger partial charge in [-0.25, -0.2) is 4.98 Å². The number of rotatable bonds is 3. The molecule has 0 aliphatic carbocycles. The number of carbonyl (C=O) groups is 1. The van der Waals surface area contributed by atoms with Crippen LogP contribution in [0.5, 0.6) is 0 Å². The predicted octanol–water partition coefficient (Wildman–Crippen LogP) is 2.45. The number of benzene rings is 1. The second-order valence-corrected chi connectivity index (χ2v) is 7.89. The van der Waals surface area contributed by atoms with Crippen molar-refractivity contribution in [1.29, 1.82) is 0 Å². The van der Waals surface area contributed by atoms with Gasteiger partial charge in [-0.05, 0) is 37.4 Å². The number of anilines is 2. The molecule has 1 aromatic heterocycles. The van der Waals surface area contributed by atoms with Gasteiger partial charge in [0.1, 0.15) is 5.82 Å². The molecule has 2 aliphatic rings. The average Bonchev–Trinajstić information content (AvgIpc) is 2.74. The van der Waals surface area contributed by atoms with E-state index in [4.69, 9.17) is 11.6 Å². The Balaban J connectivity index is 1.35. The van der Waals surface area contributed by atoms with E-state index in [0.29, 0.717) is 5.56 Å². The zero-order valence-electron chi connectivity index (χ0n) is 16.2. The largest absolute Gasteiger partial charge is 0.368 e. The van der Waals surface area contributed by atoms with Gasteiger partial charge < -0.3 is 19.6 Å². The summed E-state index contributed by atoms with van der Waals surface area (Å²) in [6.07, 6.45) is 1.72. The van der Waals surface area contributed by atoms with Crippen molar-refractivity contribution in [2.24, 2.45) is 0 Å². The minimum Gasteiger partial charge on any atom is -0.368 e. The van der Waals surface area contributed by atoms with Crippen LogP contribution in [0.2, 0.25) is 5.02 Å². The maximum atomic E-state index is 12.7. The molecule has 2 fully saturated rings. The first-order chi connectivity index (χ1) is 13.6. The monoisotopic (exact) mass is 399 g/mol. The van der Waals surface area contributed by atoms with Gasteiger partial charge in [-0.15, -0.1) is 0 Å². The molecule has 0 atom stereocenters. The minimum atomic E-state index is 0.0814. The molecule has 0 radical (unpaired) electrons. The second-order valence-electron chi connectivity index (χ2n) is 7.45. The van der Waals surface area contributed by atoms with Crippen LogP contribution >= 0.6 is 11.6 Å². The molecule has 0 spiro atoms. The Morgan fingerprint density at radius 1 is 0.929 bits per heavy atom. The second kappa shape index (κ2) is 8.37. The average molecular weight is 400 g/mol. The van der Waals surface area contributed by atoms with E-state index < -0.39 is 0 Å². The first-order valence-corrected chi connectivity index (χ1v) is 10.2. The van der Waals surface area contributed by atoms with Crippen molar-refractivity contribution in [2.75, 3.05) is 69.2 Å². The van der Waals surface area contributed by atoms with Gasteiger partial charge in [-0.3, -0.25) is 4.79 Å². The molecule has 6 nitrogen and oxygen atoms in total. The maximum absolute atomic E-state index is 12.7. The van der Waals surface area contributed by atoms with E-state index in [1.54, 1.807) is 6.20 Å². The first-order valence-electron chi connectivity index (χ1n) is 9.79. The summed E-state index contributed by atoms with van der Waals surface area (Å²) in [6, 6.07) is 11.9. The highest BCUT2D eigenvalue weighted by atomic mass is 35.5. The smallest absolute Gasteiger partial charge is 0.255 e. The van der Waals surface area contributed by atoms with E-state index in [0.717, 1.165) is 68.9 Å². The van der Waals surface area contributed by atoms with E-state index >= 15 is 0 Å². The fraction of sp³-hybridized carbons (Fsp3) is 0.429. The summed E-state index contributed by atoms with van der Waals surface area (Å²) in [5.41, 5.74) is 1.83. The number of amides is 1. The molecule has 1 amide bonds. The van der Waals surface area contributed by atoms with Crippen molar-refractivity contribution in [3.8, 4) is 0 Å². The third kappa shape index (κ3) is 4.23. The fourth-order valence-corrected chi connectivity index (χ4v) is 3.94. The SMILES string of the molecule is CN1CCN(C(=O)c2ccc(N3CCN(c4cccc(Cl)c4)CC3)nc2)CC1. The topological polar surface area (TPSA) is 42.9 Å². The lowest BCUT2D eigenvalue weighted by molar-refractivity contribution is 0.0663. The molecular formula is C21H26ClN5O. The molecule has 2 aliphatic heterocycles. The van der Waals surface area contributed by atoms with Crippen molar-refractivity contribution in [2.45, 2.75) is 0 Å². The van der Waals surface area contributed by atoms with Crippen LogP contribution in [0.3, 0.4) is 0 Å². The van der Waals surface area contributed by atoms with Crippen LogP contribution in [-0.2, 0) is 0 Å². The van der Waals surface area contributed by atoms with Crippen molar-refractivity contribution in [3.05, 3.63) is 53.2 Å². The first kappa shape index (κ1) is 19.0. The van der Waals surface area contributed by atoms with Gasteiger partial charge in [-0.1, -0.05) is 17.7 Å². The van der Waals surface area contributed by atoms with Gasteiger partial charge in [0.05, 0.1) is 5.56 Å². The number of nitrogens with zero attached hydrogens (tertiary/aromatic N) is 5. The van der Waals surface area contributed by atoms with Crippen LogP contribution < -0.4 is 9.80 Å². The van der Waals surface area contributed by atoms with Crippen LogP contribution in [0.15, 0.2) is 42.6 Å². The quantitative estimate of drug-likeness (QED) is 0.793. The van der Waals surface area contributed by atoms with Gasteiger partial charge in [0.15, 0.2) is 0 Å². The van der Waals surface area contributed by atoms with Crippen LogP contribution in [0.25, 0.3) is 0 Å².